The average molecular weight is 369 g/mol. The van der Waals surface area contributed by atoms with E-state index < -0.39 is 0 Å². The van der Waals surface area contributed by atoms with E-state index in [2.05, 4.69) is 13.8 Å². The van der Waals surface area contributed by atoms with Crippen LogP contribution in [-0.2, 0) is 0 Å². The highest BCUT2D eigenvalue weighted by Gasteiger charge is 2.07. The third-order valence-corrected chi connectivity index (χ3v) is 5.77. The lowest BCUT2D eigenvalue weighted by Gasteiger charge is -2.15. The van der Waals surface area contributed by atoms with Crippen LogP contribution in [0.15, 0.2) is 0 Å². The zero-order valence-corrected chi connectivity index (χ0v) is 18.5. The zero-order valence-electron chi connectivity index (χ0n) is 18.5. The van der Waals surface area contributed by atoms with Crippen molar-refractivity contribution in [1.82, 2.24) is 0 Å². The van der Waals surface area contributed by atoms with Gasteiger partial charge in [-0.2, -0.15) is 0 Å². The molecule has 0 spiro atoms. The standard InChI is InChI=1S/C24H52N2/c1-3-5-7-9-11-13-15-17-19-23(25)21-22-24(26)20-18-16-14-12-10-8-6-4-2/h23-24H,3-22,25-26H2,1-2H3. The molecule has 0 aromatic carbocycles. The van der Waals surface area contributed by atoms with Gasteiger partial charge in [-0.1, -0.05) is 117 Å². The molecule has 158 valence electrons. The van der Waals surface area contributed by atoms with Gasteiger partial charge in [0.05, 0.1) is 0 Å². The van der Waals surface area contributed by atoms with E-state index in [1.165, 1.54) is 116 Å². The summed E-state index contributed by atoms with van der Waals surface area (Å²) in [4.78, 5) is 0. The first-order valence-electron chi connectivity index (χ1n) is 12.2. The van der Waals surface area contributed by atoms with Crippen molar-refractivity contribution in [2.24, 2.45) is 11.5 Å². The zero-order chi connectivity index (χ0) is 19.3. The van der Waals surface area contributed by atoms with Crippen molar-refractivity contribution in [3.63, 3.8) is 0 Å². The molecule has 0 aromatic heterocycles. The Labute approximate surface area is 166 Å². The van der Waals surface area contributed by atoms with Crippen LogP contribution in [0.1, 0.15) is 142 Å². The van der Waals surface area contributed by atoms with Gasteiger partial charge >= 0.3 is 0 Å². The highest BCUT2D eigenvalue weighted by molar-refractivity contribution is 4.68. The van der Waals surface area contributed by atoms with Gasteiger partial charge < -0.3 is 11.5 Å². The van der Waals surface area contributed by atoms with Gasteiger partial charge in [0.1, 0.15) is 0 Å². The Morgan fingerprint density at radius 2 is 0.654 bits per heavy atom. The maximum Gasteiger partial charge on any atom is 0.00394 e. The molecular weight excluding hydrogens is 316 g/mol. The summed E-state index contributed by atoms with van der Waals surface area (Å²) in [6.45, 7) is 4.56. The Morgan fingerprint density at radius 3 is 0.962 bits per heavy atom. The van der Waals surface area contributed by atoms with E-state index in [0.29, 0.717) is 12.1 Å². The van der Waals surface area contributed by atoms with E-state index in [1.54, 1.807) is 0 Å². The Balaban J connectivity index is 3.30. The van der Waals surface area contributed by atoms with Crippen LogP contribution in [0, 0.1) is 0 Å². The molecule has 0 heterocycles. The summed E-state index contributed by atoms with van der Waals surface area (Å²) in [5.74, 6) is 0. The fraction of sp³-hybridized carbons (Fsp3) is 1.00. The summed E-state index contributed by atoms with van der Waals surface area (Å²) < 4.78 is 0. The summed E-state index contributed by atoms with van der Waals surface area (Å²) in [5, 5.41) is 0. The molecule has 0 saturated carbocycles. The molecule has 0 rings (SSSR count). The summed E-state index contributed by atoms with van der Waals surface area (Å²) in [5.41, 5.74) is 12.6. The molecule has 2 heteroatoms. The maximum absolute atomic E-state index is 6.28. The van der Waals surface area contributed by atoms with Crippen molar-refractivity contribution in [2.45, 2.75) is 154 Å². The molecule has 0 saturated heterocycles. The van der Waals surface area contributed by atoms with Crippen LogP contribution >= 0.6 is 0 Å². The van der Waals surface area contributed by atoms with Crippen LogP contribution in [0.2, 0.25) is 0 Å². The summed E-state index contributed by atoms with van der Waals surface area (Å²) in [7, 11) is 0. The second kappa shape index (κ2) is 21.2. The molecule has 0 aliphatic rings. The van der Waals surface area contributed by atoms with Gasteiger partial charge in [0.15, 0.2) is 0 Å². The summed E-state index contributed by atoms with van der Waals surface area (Å²) in [6.07, 6.45) is 26.8. The predicted octanol–water partition coefficient (Wildman–Crippen LogP) is 7.48. The fourth-order valence-electron chi connectivity index (χ4n) is 3.80. The smallest absolute Gasteiger partial charge is 0.00394 e. The molecule has 0 aliphatic heterocycles. The summed E-state index contributed by atoms with van der Waals surface area (Å²) in [6, 6.07) is 0.749. The lowest BCUT2D eigenvalue weighted by atomic mass is 9.98. The molecule has 0 amide bonds. The molecular formula is C24H52N2. The molecule has 0 aromatic rings. The third-order valence-electron chi connectivity index (χ3n) is 5.77. The van der Waals surface area contributed by atoms with Crippen molar-refractivity contribution in [1.29, 1.82) is 0 Å². The minimum absolute atomic E-state index is 0.375. The average Bonchev–Trinajstić information content (AvgIpc) is 2.64. The van der Waals surface area contributed by atoms with Crippen LogP contribution in [0.4, 0.5) is 0 Å². The first kappa shape index (κ1) is 25.9. The Morgan fingerprint density at radius 1 is 0.385 bits per heavy atom. The molecule has 2 nitrogen and oxygen atoms in total. The van der Waals surface area contributed by atoms with E-state index >= 15 is 0 Å². The highest BCUT2D eigenvalue weighted by Crippen LogP contribution is 2.14. The van der Waals surface area contributed by atoms with Gasteiger partial charge in [-0.15, -0.1) is 0 Å². The van der Waals surface area contributed by atoms with Crippen LogP contribution in [-0.4, -0.2) is 12.1 Å². The Kier molecular flexibility index (Phi) is 21.2. The van der Waals surface area contributed by atoms with E-state index in [-0.39, 0.29) is 0 Å². The molecule has 0 fully saturated rings. The number of hydrogen-bond acceptors (Lipinski definition) is 2. The van der Waals surface area contributed by atoms with Gasteiger partial charge in [0, 0.05) is 12.1 Å². The summed E-state index contributed by atoms with van der Waals surface area (Å²) >= 11 is 0. The van der Waals surface area contributed by atoms with Crippen LogP contribution < -0.4 is 11.5 Å². The Bertz CT molecular complexity index is 229. The van der Waals surface area contributed by atoms with Crippen LogP contribution in [0.5, 0.6) is 0 Å². The largest absolute Gasteiger partial charge is 0.328 e. The van der Waals surface area contributed by atoms with Crippen molar-refractivity contribution in [3.8, 4) is 0 Å². The van der Waals surface area contributed by atoms with E-state index in [4.69, 9.17) is 11.5 Å². The van der Waals surface area contributed by atoms with Crippen molar-refractivity contribution in [3.05, 3.63) is 0 Å². The minimum Gasteiger partial charge on any atom is -0.328 e. The topological polar surface area (TPSA) is 52.0 Å². The molecule has 4 N–H and O–H groups in total. The number of rotatable bonds is 21. The number of unbranched alkanes of at least 4 members (excludes halogenated alkanes) is 14. The van der Waals surface area contributed by atoms with E-state index in [9.17, 15) is 0 Å². The SMILES string of the molecule is CCCCCCCCCCC(N)CCC(N)CCCCCCCCCC. The van der Waals surface area contributed by atoms with Crippen molar-refractivity contribution >= 4 is 0 Å². The fourth-order valence-corrected chi connectivity index (χ4v) is 3.80. The quantitative estimate of drug-likeness (QED) is 0.206. The van der Waals surface area contributed by atoms with Gasteiger partial charge in [0.2, 0.25) is 0 Å². The lowest BCUT2D eigenvalue weighted by Crippen LogP contribution is -2.26. The lowest BCUT2D eigenvalue weighted by molar-refractivity contribution is 0.448. The van der Waals surface area contributed by atoms with E-state index in [1.807, 2.05) is 0 Å². The van der Waals surface area contributed by atoms with Gasteiger partial charge in [-0.3, -0.25) is 0 Å². The van der Waals surface area contributed by atoms with Crippen LogP contribution in [0.3, 0.4) is 0 Å². The normalized spacial score (nSPS) is 13.8. The third kappa shape index (κ3) is 20.2. The van der Waals surface area contributed by atoms with Crippen molar-refractivity contribution in [2.75, 3.05) is 0 Å². The van der Waals surface area contributed by atoms with E-state index in [0.717, 1.165) is 12.8 Å². The first-order valence-corrected chi connectivity index (χ1v) is 12.2. The highest BCUT2D eigenvalue weighted by atomic mass is 14.7. The first-order chi connectivity index (χ1) is 12.7. The van der Waals surface area contributed by atoms with Gasteiger partial charge in [-0.05, 0) is 25.7 Å². The van der Waals surface area contributed by atoms with Crippen molar-refractivity contribution < 1.29 is 0 Å². The second-order valence-electron chi connectivity index (χ2n) is 8.62. The molecule has 0 bridgehead atoms. The van der Waals surface area contributed by atoms with Gasteiger partial charge in [-0.25, -0.2) is 0 Å². The number of nitrogens with two attached hydrogens (primary N) is 2. The monoisotopic (exact) mass is 368 g/mol. The number of hydrogen-bond donors (Lipinski definition) is 2. The molecule has 0 radical (unpaired) electrons. The predicted molar refractivity (Wildman–Crippen MR) is 120 cm³/mol. The molecule has 26 heavy (non-hydrogen) atoms. The molecule has 2 unspecified atom stereocenters. The van der Waals surface area contributed by atoms with Gasteiger partial charge in [0.25, 0.3) is 0 Å². The minimum atomic E-state index is 0.375. The molecule has 2 atom stereocenters. The maximum atomic E-state index is 6.28. The molecule has 0 aliphatic carbocycles. The Hall–Kier alpha value is -0.0800. The second-order valence-corrected chi connectivity index (χ2v) is 8.62. The van der Waals surface area contributed by atoms with Crippen LogP contribution in [0.25, 0.3) is 0 Å².